The van der Waals surface area contributed by atoms with Gasteiger partial charge >= 0.3 is 0 Å². The van der Waals surface area contributed by atoms with Crippen LogP contribution in [-0.4, -0.2) is 0 Å². The van der Waals surface area contributed by atoms with Crippen LogP contribution in [0.2, 0.25) is 0 Å². The Morgan fingerprint density at radius 1 is 1.36 bits per heavy atom. The first-order valence-electron chi connectivity index (χ1n) is 5.76. The van der Waals surface area contributed by atoms with Crippen LogP contribution < -0.4 is 0 Å². The van der Waals surface area contributed by atoms with E-state index < -0.39 is 0 Å². The lowest BCUT2D eigenvalue weighted by molar-refractivity contribution is 0.181. The van der Waals surface area contributed by atoms with Gasteiger partial charge in [0.25, 0.3) is 0 Å². The minimum atomic E-state index is 0.459. The zero-order valence-electron chi connectivity index (χ0n) is 10.1. The molecule has 14 heavy (non-hydrogen) atoms. The molecular formula is C14H24. The molecule has 0 aromatic rings. The molecule has 0 heteroatoms. The summed E-state index contributed by atoms with van der Waals surface area (Å²) >= 11 is 0. The van der Waals surface area contributed by atoms with Crippen LogP contribution in [0.25, 0.3) is 0 Å². The van der Waals surface area contributed by atoms with Crippen LogP contribution in [0, 0.1) is 17.3 Å². The van der Waals surface area contributed by atoms with Gasteiger partial charge in [-0.15, -0.1) is 6.58 Å². The molecule has 0 radical (unpaired) electrons. The Morgan fingerprint density at radius 3 is 2.43 bits per heavy atom. The minimum absolute atomic E-state index is 0.459. The Morgan fingerprint density at radius 2 is 2.00 bits per heavy atom. The van der Waals surface area contributed by atoms with Crippen molar-refractivity contribution in [3.8, 4) is 0 Å². The molecule has 0 unspecified atom stereocenters. The fourth-order valence-electron chi connectivity index (χ4n) is 2.49. The van der Waals surface area contributed by atoms with Gasteiger partial charge in [-0.1, -0.05) is 38.5 Å². The maximum Gasteiger partial charge on any atom is -0.00232 e. The van der Waals surface area contributed by atoms with Crippen LogP contribution in [0.3, 0.4) is 0 Å². The monoisotopic (exact) mass is 192 g/mol. The van der Waals surface area contributed by atoms with Crippen LogP contribution in [0.1, 0.15) is 47.0 Å². The van der Waals surface area contributed by atoms with Gasteiger partial charge in [0.15, 0.2) is 0 Å². The molecule has 0 heterocycles. The lowest BCUT2D eigenvalue weighted by atomic mass is 9.67. The minimum Gasteiger partial charge on any atom is -0.102 e. The van der Waals surface area contributed by atoms with E-state index in [4.69, 9.17) is 0 Å². The number of rotatable bonds is 1. The van der Waals surface area contributed by atoms with Crippen molar-refractivity contribution >= 4 is 0 Å². The highest BCUT2D eigenvalue weighted by atomic mass is 14.4. The molecule has 0 N–H and O–H groups in total. The first kappa shape index (κ1) is 11.6. The van der Waals surface area contributed by atoms with Gasteiger partial charge in [0, 0.05) is 0 Å². The third-order valence-corrected chi connectivity index (χ3v) is 3.68. The summed E-state index contributed by atoms with van der Waals surface area (Å²) in [6.45, 7) is 13.2. The van der Waals surface area contributed by atoms with Gasteiger partial charge in [-0.2, -0.15) is 0 Å². The maximum absolute atomic E-state index is 3.96. The van der Waals surface area contributed by atoms with Crippen molar-refractivity contribution in [3.05, 3.63) is 24.3 Å². The molecule has 1 aliphatic carbocycles. The molecule has 0 spiro atoms. The van der Waals surface area contributed by atoms with Crippen molar-refractivity contribution in [2.45, 2.75) is 47.0 Å². The van der Waals surface area contributed by atoms with E-state index in [0.717, 1.165) is 5.92 Å². The summed E-state index contributed by atoms with van der Waals surface area (Å²) in [5.74, 6) is 1.49. The Bertz CT molecular complexity index is 227. The topological polar surface area (TPSA) is 0 Å². The van der Waals surface area contributed by atoms with Crippen LogP contribution in [0.5, 0.6) is 0 Å². The van der Waals surface area contributed by atoms with Crippen molar-refractivity contribution in [3.63, 3.8) is 0 Å². The van der Waals surface area contributed by atoms with Crippen molar-refractivity contribution in [2.24, 2.45) is 17.3 Å². The predicted molar refractivity (Wildman–Crippen MR) is 64.2 cm³/mol. The lowest BCUT2D eigenvalue weighted by Gasteiger charge is -2.38. The molecule has 1 rings (SSSR count). The van der Waals surface area contributed by atoms with Gasteiger partial charge in [0.2, 0.25) is 0 Å². The summed E-state index contributed by atoms with van der Waals surface area (Å²) in [6.07, 6.45) is 8.34. The molecule has 2 atom stereocenters. The van der Waals surface area contributed by atoms with Gasteiger partial charge in [-0.25, -0.2) is 0 Å². The third kappa shape index (κ3) is 2.50. The molecule has 0 saturated heterocycles. The van der Waals surface area contributed by atoms with Gasteiger partial charge in [-0.05, 0) is 43.4 Å². The van der Waals surface area contributed by atoms with E-state index in [0.29, 0.717) is 11.3 Å². The molecule has 1 saturated carbocycles. The first-order valence-corrected chi connectivity index (χ1v) is 5.76. The van der Waals surface area contributed by atoms with Crippen LogP contribution >= 0.6 is 0 Å². The zero-order valence-corrected chi connectivity index (χ0v) is 10.1. The maximum atomic E-state index is 3.96. The highest BCUT2D eigenvalue weighted by molar-refractivity contribution is 5.15. The molecule has 80 valence electrons. The second kappa shape index (κ2) is 4.33. The van der Waals surface area contributed by atoms with Crippen LogP contribution in [-0.2, 0) is 0 Å². The SMILES string of the molecule is C=C[C@@H]1C[C@H](C(C)(C)C)CC/C1=C/C. The lowest BCUT2D eigenvalue weighted by Crippen LogP contribution is -2.27. The fourth-order valence-corrected chi connectivity index (χ4v) is 2.49. The summed E-state index contributed by atoms with van der Waals surface area (Å²) in [6, 6.07) is 0. The van der Waals surface area contributed by atoms with E-state index in [9.17, 15) is 0 Å². The van der Waals surface area contributed by atoms with Crippen molar-refractivity contribution in [2.75, 3.05) is 0 Å². The molecule has 0 aromatic heterocycles. The number of hydrogen-bond donors (Lipinski definition) is 0. The number of hydrogen-bond acceptors (Lipinski definition) is 0. The quantitative estimate of drug-likeness (QED) is 0.533. The standard InChI is InChI=1S/C14H24/c1-6-11-8-9-13(14(3,4)5)10-12(11)7-2/h6-7,12-13H,2,8-10H2,1,3-5H3/b11-6-/t12-,13-/m1/s1. The average molecular weight is 192 g/mol. The predicted octanol–water partition coefficient (Wildman–Crippen LogP) is 4.58. The molecule has 0 aliphatic heterocycles. The fraction of sp³-hybridized carbons (Fsp3) is 0.714. The van der Waals surface area contributed by atoms with E-state index in [1.54, 1.807) is 5.57 Å². The van der Waals surface area contributed by atoms with E-state index >= 15 is 0 Å². The molecule has 0 bridgehead atoms. The Hall–Kier alpha value is -0.520. The highest BCUT2D eigenvalue weighted by Crippen LogP contribution is 2.42. The third-order valence-electron chi connectivity index (χ3n) is 3.68. The Labute approximate surface area is 89.1 Å². The molecule has 0 aromatic carbocycles. The van der Waals surface area contributed by atoms with Crippen LogP contribution in [0.4, 0.5) is 0 Å². The molecule has 0 nitrogen and oxygen atoms in total. The van der Waals surface area contributed by atoms with Crippen LogP contribution in [0.15, 0.2) is 24.3 Å². The Kier molecular flexibility index (Phi) is 3.58. The summed E-state index contributed by atoms with van der Waals surface area (Å²) in [5.41, 5.74) is 2.06. The van der Waals surface area contributed by atoms with Crippen molar-refractivity contribution in [1.29, 1.82) is 0 Å². The second-order valence-electron chi connectivity index (χ2n) is 5.54. The summed E-state index contributed by atoms with van der Waals surface area (Å²) in [7, 11) is 0. The van der Waals surface area contributed by atoms with E-state index in [2.05, 4.69) is 46.4 Å². The highest BCUT2D eigenvalue weighted by Gasteiger charge is 2.31. The summed E-state index contributed by atoms with van der Waals surface area (Å²) < 4.78 is 0. The van der Waals surface area contributed by atoms with E-state index in [1.807, 2.05) is 0 Å². The van der Waals surface area contributed by atoms with Gasteiger partial charge in [-0.3, -0.25) is 0 Å². The zero-order chi connectivity index (χ0) is 10.8. The summed E-state index contributed by atoms with van der Waals surface area (Å²) in [4.78, 5) is 0. The van der Waals surface area contributed by atoms with Gasteiger partial charge < -0.3 is 0 Å². The van der Waals surface area contributed by atoms with E-state index in [-0.39, 0.29) is 0 Å². The molecule has 1 fully saturated rings. The summed E-state index contributed by atoms with van der Waals surface area (Å²) in [5, 5.41) is 0. The van der Waals surface area contributed by atoms with Gasteiger partial charge in [0.05, 0.1) is 0 Å². The average Bonchev–Trinajstić information content (AvgIpc) is 2.15. The first-order chi connectivity index (χ1) is 6.49. The van der Waals surface area contributed by atoms with Crippen molar-refractivity contribution < 1.29 is 0 Å². The molecule has 0 amide bonds. The smallest absolute Gasteiger partial charge is 0.00232 e. The molecular weight excluding hydrogens is 168 g/mol. The number of allylic oxidation sites excluding steroid dienone is 3. The second-order valence-corrected chi connectivity index (χ2v) is 5.54. The largest absolute Gasteiger partial charge is 0.102 e. The molecule has 1 aliphatic rings. The normalized spacial score (nSPS) is 31.9. The Balaban J connectivity index is 2.71. The van der Waals surface area contributed by atoms with E-state index in [1.165, 1.54) is 19.3 Å². The van der Waals surface area contributed by atoms with Gasteiger partial charge in [0.1, 0.15) is 0 Å². The van der Waals surface area contributed by atoms with Crippen molar-refractivity contribution in [1.82, 2.24) is 0 Å².